The standard InChI is InChI=1S/C15H19Cl3N2/c1-9(2)6-10(3)20-14-8-12(18)11(17)7-13(14)19-15(20)4-5-16/h7-10H,4-6H2,1-3H3. The number of nitrogens with zero attached hydrogens (tertiary/aromatic N) is 2. The van der Waals surface area contributed by atoms with E-state index in [2.05, 4.69) is 30.3 Å². The molecule has 2 aromatic rings. The van der Waals surface area contributed by atoms with E-state index in [1.54, 1.807) is 0 Å². The SMILES string of the molecule is CC(C)CC(C)n1c(CCCl)nc2cc(Cl)c(Cl)cc21. The Morgan fingerprint density at radius 2 is 1.80 bits per heavy atom. The average molecular weight is 334 g/mol. The van der Waals surface area contributed by atoms with Crippen LogP contribution in [-0.4, -0.2) is 15.4 Å². The highest BCUT2D eigenvalue weighted by molar-refractivity contribution is 6.42. The summed E-state index contributed by atoms with van der Waals surface area (Å²) >= 11 is 18.1. The minimum absolute atomic E-state index is 0.357. The first-order valence-corrected chi connectivity index (χ1v) is 8.15. The van der Waals surface area contributed by atoms with Crippen molar-refractivity contribution in [1.29, 1.82) is 0 Å². The van der Waals surface area contributed by atoms with Gasteiger partial charge in [0.15, 0.2) is 0 Å². The van der Waals surface area contributed by atoms with Crippen LogP contribution in [0.1, 0.15) is 39.1 Å². The Kier molecular flexibility index (Phi) is 5.22. The Morgan fingerprint density at radius 3 is 2.40 bits per heavy atom. The number of imidazole rings is 1. The van der Waals surface area contributed by atoms with Gasteiger partial charge in [-0.25, -0.2) is 4.98 Å². The molecule has 0 amide bonds. The van der Waals surface area contributed by atoms with Gasteiger partial charge in [0.2, 0.25) is 0 Å². The van der Waals surface area contributed by atoms with Crippen molar-refractivity contribution in [2.75, 3.05) is 5.88 Å². The number of aromatic nitrogens is 2. The maximum Gasteiger partial charge on any atom is 0.111 e. The van der Waals surface area contributed by atoms with E-state index in [4.69, 9.17) is 34.8 Å². The third-order valence-corrected chi connectivity index (χ3v) is 4.29. The van der Waals surface area contributed by atoms with E-state index in [1.165, 1.54) is 0 Å². The molecule has 0 aliphatic heterocycles. The topological polar surface area (TPSA) is 17.8 Å². The number of halogens is 3. The van der Waals surface area contributed by atoms with Crippen LogP contribution in [0.5, 0.6) is 0 Å². The molecule has 1 aromatic carbocycles. The molecule has 0 aliphatic carbocycles. The molecule has 0 aliphatic rings. The molecule has 0 spiro atoms. The van der Waals surface area contributed by atoms with Gasteiger partial charge in [0.05, 0.1) is 21.1 Å². The van der Waals surface area contributed by atoms with E-state index in [0.717, 1.165) is 29.7 Å². The number of alkyl halides is 1. The van der Waals surface area contributed by atoms with Gasteiger partial charge in [-0.1, -0.05) is 37.0 Å². The summed E-state index contributed by atoms with van der Waals surface area (Å²) in [6.07, 6.45) is 1.83. The molecule has 2 rings (SSSR count). The molecule has 1 heterocycles. The summed E-state index contributed by atoms with van der Waals surface area (Å²) in [5.74, 6) is 2.18. The molecule has 0 saturated heterocycles. The zero-order chi connectivity index (χ0) is 14.9. The van der Waals surface area contributed by atoms with E-state index >= 15 is 0 Å². The van der Waals surface area contributed by atoms with Gasteiger partial charge in [0.1, 0.15) is 5.82 Å². The lowest BCUT2D eigenvalue weighted by molar-refractivity contribution is 0.426. The van der Waals surface area contributed by atoms with Crippen LogP contribution in [0.4, 0.5) is 0 Å². The molecule has 2 nitrogen and oxygen atoms in total. The van der Waals surface area contributed by atoms with E-state index in [-0.39, 0.29) is 0 Å². The third kappa shape index (κ3) is 3.24. The first-order chi connectivity index (χ1) is 9.43. The Labute approximate surface area is 135 Å². The van der Waals surface area contributed by atoms with Crippen LogP contribution in [0.25, 0.3) is 11.0 Å². The molecular weight excluding hydrogens is 315 g/mol. The maximum atomic E-state index is 6.16. The molecule has 0 bridgehead atoms. The van der Waals surface area contributed by atoms with Crippen LogP contribution >= 0.6 is 34.8 Å². The molecule has 0 fully saturated rings. The zero-order valence-electron chi connectivity index (χ0n) is 12.0. The van der Waals surface area contributed by atoms with Crippen LogP contribution in [-0.2, 0) is 6.42 Å². The summed E-state index contributed by atoms with van der Waals surface area (Å²) in [6, 6.07) is 4.09. The second kappa shape index (κ2) is 6.55. The van der Waals surface area contributed by atoms with E-state index in [1.807, 2.05) is 12.1 Å². The molecule has 1 atom stereocenters. The van der Waals surface area contributed by atoms with Crippen molar-refractivity contribution in [2.24, 2.45) is 5.92 Å². The lowest BCUT2D eigenvalue weighted by Gasteiger charge is -2.19. The average Bonchev–Trinajstić information content (AvgIpc) is 2.67. The largest absolute Gasteiger partial charge is 0.325 e. The maximum absolute atomic E-state index is 6.16. The number of benzene rings is 1. The summed E-state index contributed by atoms with van der Waals surface area (Å²) in [4.78, 5) is 4.67. The van der Waals surface area contributed by atoms with Crippen LogP contribution in [0.15, 0.2) is 12.1 Å². The Hall–Kier alpha value is -0.440. The summed E-state index contributed by atoms with van der Waals surface area (Å²) in [5.41, 5.74) is 1.92. The Morgan fingerprint density at radius 1 is 1.15 bits per heavy atom. The summed E-state index contributed by atoms with van der Waals surface area (Å²) in [5, 5.41) is 1.10. The smallest absolute Gasteiger partial charge is 0.111 e. The zero-order valence-corrected chi connectivity index (χ0v) is 14.2. The third-order valence-electron chi connectivity index (χ3n) is 3.38. The first-order valence-electron chi connectivity index (χ1n) is 6.85. The highest BCUT2D eigenvalue weighted by atomic mass is 35.5. The number of aryl methyl sites for hydroxylation is 1. The van der Waals surface area contributed by atoms with Crippen molar-refractivity contribution in [3.63, 3.8) is 0 Å². The van der Waals surface area contributed by atoms with Gasteiger partial charge in [-0.05, 0) is 31.4 Å². The second-order valence-electron chi connectivity index (χ2n) is 5.57. The number of hydrogen-bond acceptors (Lipinski definition) is 1. The van der Waals surface area contributed by atoms with E-state index < -0.39 is 0 Å². The van der Waals surface area contributed by atoms with Gasteiger partial charge in [-0.2, -0.15) is 0 Å². The Balaban J connectivity index is 2.58. The highest BCUT2D eigenvalue weighted by Crippen LogP contribution is 2.31. The molecule has 1 unspecified atom stereocenters. The summed E-state index contributed by atoms with van der Waals surface area (Å²) < 4.78 is 2.25. The van der Waals surface area contributed by atoms with Crippen molar-refractivity contribution in [2.45, 2.75) is 39.7 Å². The monoisotopic (exact) mass is 332 g/mol. The van der Waals surface area contributed by atoms with Crippen molar-refractivity contribution >= 4 is 45.8 Å². The van der Waals surface area contributed by atoms with Crippen LogP contribution in [0.2, 0.25) is 10.0 Å². The first kappa shape index (κ1) is 15.9. The van der Waals surface area contributed by atoms with Gasteiger partial charge >= 0.3 is 0 Å². The highest BCUT2D eigenvalue weighted by Gasteiger charge is 2.17. The van der Waals surface area contributed by atoms with Crippen LogP contribution < -0.4 is 0 Å². The lowest BCUT2D eigenvalue weighted by Crippen LogP contribution is -2.12. The van der Waals surface area contributed by atoms with Crippen molar-refractivity contribution in [1.82, 2.24) is 9.55 Å². The minimum atomic E-state index is 0.357. The normalized spacial score (nSPS) is 13.3. The van der Waals surface area contributed by atoms with Crippen molar-refractivity contribution in [3.8, 4) is 0 Å². The van der Waals surface area contributed by atoms with Crippen molar-refractivity contribution < 1.29 is 0 Å². The lowest BCUT2D eigenvalue weighted by atomic mass is 10.0. The predicted molar refractivity (Wildman–Crippen MR) is 88.3 cm³/mol. The molecule has 5 heteroatoms. The molecule has 0 saturated carbocycles. The van der Waals surface area contributed by atoms with Crippen molar-refractivity contribution in [3.05, 3.63) is 28.0 Å². The summed E-state index contributed by atoms with van der Waals surface area (Å²) in [7, 11) is 0. The number of hydrogen-bond donors (Lipinski definition) is 0. The molecule has 0 radical (unpaired) electrons. The Bertz CT molecular complexity index is 605. The fraction of sp³-hybridized carbons (Fsp3) is 0.533. The van der Waals surface area contributed by atoms with Gasteiger partial charge in [0, 0.05) is 18.3 Å². The molecule has 0 N–H and O–H groups in total. The summed E-state index contributed by atoms with van der Waals surface area (Å²) in [6.45, 7) is 6.66. The number of rotatable bonds is 5. The molecule has 110 valence electrons. The molecular formula is C15H19Cl3N2. The quantitative estimate of drug-likeness (QED) is 0.639. The molecule has 20 heavy (non-hydrogen) atoms. The minimum Gasteiger partial charge on any atom is -0.325 e. The van der Waals surface area contributed by atoms with Gasteiger partial charge in [-0.15, -0.1) is 11.6 Å². The van der Waals surface area contributed by atoms with Crippen LogP contribution in [0, 0.1) is 5.92 Å². The van der Waals surface area contributed by atoms with Gasteiger partial charge in [0.25, 0.3) is 0 Å². The van der Waals surface area contributed by atoms with Crippen LogP contribution in [0.3, 0.4) is 0 Å². The number of fused-ring (bicyclic) bond motifs is 1. The predicted octanol–water partition coefficient (Wildman–Crippen LogP) is 5.73. The van der Waals surface area contributed by atoms with E-state index in [9.17, 15) is 0 Å². The molecule has 1 aromatic heterocycles. The van der Waals surface area contributed by atoms with E-state index in [0.29, 0.717) is 27.9 Å². The van der Waals surface area contributed by atoms with Gasteiger partial charge in [-0.3, -0.25) is 0 Å². The fourth-order valence-electron chi connectivity index (χ4n) is 2.68. The second-order valence-corrected chi connectivity index (χ2v) is 6.76. The van der Waals surface area contributed by atoms with Gasteiger partial charge < -0.3 is 4.57 Å². The fourth-order valence-corrected chi connectivity index (χ4v) is 3.17.